The number of methoxy groups -OCH3 is 1. The number of aromatic amines is 1. The minimum atomic E-state index is -0.359. The normalized spacial score (nSPS) is 11.2. The summed E-state index contributed by atoms with van der Waals surface area (Å²) in [4.78, 5) is 11.7. The molecule has 0 aliphatic rings. The molecule has 126 valence electrons. The van der Waals surface area contributed by atoms with E-state index in [1.54, 1.807) is 18.5 Å². The Balaban J connectivity index is 1.86. The molecule has 0 bridgehead atoms. The Morgan fingerprint density at radius 3 is 2.92 bits per heavy atom. The second kappa shape index (κ2) is 6.03. The summed E-state index contributed by atoms with van der Waals surface area (Å²) in [5, 5.41) is 9.21. The van der Waals surface area contributed by atoms with E-state index in [1.165, 1.54) is 19.2 Å². The third kappa shape index (κ3) is 2.64. The summed E-state index contributed by atoms with van der Waals surface area (Å²) in [6.45, 7) is -0.152. The second-order valence-corrected chi connectivity index (χ2v) is 5.51. The Morgan fingerprint density at radius 1 is 1.24 bits per heavy atom. The van der Waals surface area contributed by atoms with Crippen molar-refractivity contribution in [1.29, 1.82) is 0 Å². The first-order chi connectivity index (χ1) is 12.2. The van der Waals surface area contributed by atoms with Gasteiger partial charge < -0.3 is 14.8 Å². The standard InChI is InChI=1S/C18H15FN4O2/c1-25-16-5-2-11(19)8-13(16)18-20-6-7-23(18)12-3-4-14-15(9-12)22-17(10-24)21-14/h2-9,24H,10H2,1H3,(H,21,22). The number of imidazole rings is 2. The topological polar surface area (TPSA) is 76.0 Å². The van der Waals surface area contributed by atoms with Crippen LogP contribution in [0.15, 0.2) is 48.8 Å². The van der Waals surface area contributed by atoms with E-state index in [4.69, 9.17) is 4.74 Å². The molecule has 0 atom stereocenters. The van der Waals surface area contributed by atoms with Crippen molar-refractivity contribution < 1.29 is 14.2 Å². The third-order valence-corrected chi connectivity index (χ3v) is 3.99. The molecule has 0 fully saturated rings. The summed E-state index contributed by atoms with van der Waals surface area (Å²) < 4.78 is 20.9. The lowest BCUT2D eigenvalue weighted by Crippen LogP contribution is -1.99. The highest BCUT2D eigenvalue weighted by atomic mass is 19.1. The first-order valence-electron chi connectivity index (χ1n) is 7.66. The maximum Gasteiger partial charge on any atom is 0.148 e. The van der Waals surface area contributed by atoms with Crippen molar-refractivity contribution in [3.63, 3.8) is 0 Å². The molecule has 0 spiro atoms. The molecule has 4 rings (SSSR count). The lowest BCUT2D eigenvalue weighted by atomic mass is 10.1. The first kappa shape index (κ1) is 15.3. The zero-order valence-electron chi connectivity index (χ0n) is 13.4. The largest absolute Gasteiger partial charge is 0.496 e. The molecule has 2 aromatic carbocycles. The summed E-state index contributed by atoms with van der Waals surface area (Å²) in [5.74, 6) is 1.25. The summed E-state index contributed by atoms with van der Waals surface area (Å²) >= 11 is 0. The van der Waals surface area contributed by atoms with Crippen LogP contribution in [0.2, 0.25) is 0 Å². The fourth-order valence-electron chi connectivity index (χ4n) is 2.84. The fraction of sp³-hybridized carbons (Fsp3) is 0.111. The molecular formula is C18H15FN4O2. The molecule has 0 amide bonds. The van der Waals surface area contributed by atoms with Gasteiger partial charge in [0.1, 0.15) is 29.8 Å². The highest BCUT2D eigenvalue weighted by Gasteiger charge is 2.14. The van der Waals surface area contributed by atoms with Gasteiger partial charge in [0.2, 0.25) is 0 Å². The molecule has 2 aromatic heterocycles. The predicted octanol–water partition coefficient (Wildman–Crippen LogP) is 3.06. The number of benzene rings is 2. The van der Waals surface area contributed by atoms with E-state index in [9.17, 15) is 9.50 Å². The van der Waals surface area contributed by atoms with Crippen LogP contribution in [0.5, 0.6) is 5.75 Å². The van der Waals surface area contributed by atoms with E-state index in [0.29, 0.717) is 23.0 Å². The summed E-state index contributed by atoms with van der Waals surface area (Å²) in [6.07, 6.45) is 3.44. The number of fused-ring (bicyclic) bond motifs is 1. The quantitative estimate of drug-likeness (QED) is 0.600. The van der Waals surface area contributed by atoms with Gasteiger partial charge in [-0.2, -0.15) is 0 Å². The SMILES string of the molecule is COc1ccc(F)cc1-c1nccn1-c1ccc2nc(CO)[nH]c2c1. The highest BCUT2D eigenvalue weighted by molar-refractivity contribution is 5.78. The van der Waals surface area contributed by atoms with Gasteiger partial charge >= 0.3 is 0 Å². The number of aromatic nitrogens is 4. The van der Waals surface area contributed by atoms with Crippen LogP contribution >= 0.6 is 0 Å². The molecule has 6 nitrogen and oxygen atoms in total. The van der Waals surface area contributed by atoms with E-state index in [0.717, 1.165) is 16.7 Å². The van der Waals surface area contributed by atoms with Crippen LogP contribution in [0.3, 0.4) is 0 Å². The van der Waals surface area contributed by atoms with Gasteiger partial charge in [0.15, 0.2) is 0 Å². The number of H-pyrrole nitrogens is 1. The van der Waals surface area contributed by atoms with Crippen molar-refractivity contribution in [2.24, 2.45) is 0 Å². The minimum absolute atomic E-state index is 0.152. The first-order valence-corrected chi connectivity index (χ1v) is 7.66. The summed E-state index contributed by atoms with van der Waals surface area (Å²) in [5.41, 5.74) is 2.96. The van der Waals surface area contributed by atoms with Gasteiger partial charge in [-0.1, -0.05) is 0 Å². The predicted molar refractivity (Wildman–Crippen MR) is 91.1 cm³/mol. The van der Waals surface area contributed by atoms with E-state index >= 15 is 0 Å². The maximum atomic E-state index is 13.7. The van der Waals surface area contributed by atoms with Crippen LogP contribution in [0.1, 0.15) is 5.82 Å². The number of rotatable bonds is 4. The number of halogens is 1. The van der Waals surface area contributed by atoms with Crippen molar-refractivity contribution in [2.75, 3.05) is 7.11 Å². The molecule has 0 unspecified atom stereocenters. The number of hydrogen-bond acceptors (Lipinski definition) is 4. The lowest BCUT2D eigenvalue weighted by Gasteiger charge is -2.11. The Labute approximate surface area is 142 Å². The van der Waals surface area contributed by atoms with Gasteiger partial charge in [-0.15, -0.1) is 0 Å². The number of aliphatic hydroxyl groups excluding tert-OH is 1. The van der Waals surface area contributed by atoms with E-state index < -0.39 is 0 Å². The maximum absolute atomic E-state index is 13.7. The van der Waals surface area contributed by atoms with Crippen molar-refractivity contribution in [3.05, 3.63) is 60.4 Å². The smallest absolute Gasteiger partial charge is 0.148 e. The number of ether oxygens (including phenoxy) is 1. The van der Waals surface area contributed by atoms with Crippen LogP contribution in [0.4, 0.5) is 4.39 Å². The Kier molecular flexibility index (Phi) is 3.70. The molecular weight excluding hydrogens is 323 g/mol. The molecule has 0 saturated carbocycles. The average Bonchev–Trinajstić information content (AvgIpc) is 3.27. The Hall–Kier alpha value is -3.19. The van der Waals surface area contributed by atoms with Gasteiger partial charge in [-0.25, -0.2) is 14.4 Å². The zero-order chi connectivity index (χ0) is 17.4. The van der Waals surface area contributed by atoms with Crippen LogP contribution in [0, 0.1) is 5.82 Å². The third-order valence-electron chi connectivity index (χ3n) is 3.99. The van der Waals surface area contributed by atoms with Crippen LogP contribution < -0.4 is 4.74 Å². The number of aliphatic hydroxyl groups is 1. The molecule has 0 radical (unpaired) electrons. The van der Waals surface area contributed by atoms with E-state index in [2.05, 4.69) is 15.0 Å². The molecule has 0 saturated heterocycles. The van der Waals surface area contributed by atoms with Crippen LogP contribution in [0.25, 0.3) is 28.1 Å². The molecule has 0 aliphatic heterocycles. The second-order valence-electron chi connectivity index (χ2n) is 5.51. The van der Waals surface area contributed by atoms with Gasteiger partial charge in [0.25, 0.3) is 0 Å². The molecule has 2 N–H and O–H groups in total. The van der Waals surface area contributed by atoms with Gasteiger partial charge in [-0.3, -0.25) is 4.57 Å². The molecule has 2 heterocycles. The van der Waals surface area contributed by atoms with E-state index in [1.807, 2.05) is 22.8 Å². The summed E-state index contributed by atoms with van der Waals surface area (Å²) in [7, 11) is 1.54. The average molecular weight is 338 g/mol. The van der Waals surface area contributed by atoms with Crippen molar-refractivity contribution in [1.82, 2.24) is 19.5 Å². The zero-order valence-corrected chi connectivity index (χ0v) is 13.4. The van der Waals surface area contributed by atoms with Crippen LogP contribution in [-0.4, -0.2) is 31.7 Å². The van der Waals surface area contributed by atoms with Crippen molar-refractivity contribution in [2.45, 2.75) is 6.61 Å². The highest BCUT2D eigenvalue weighted by Crippen LogP contribution is 2.31. The summed E-state index contributed by atoms with van der Waals surface area (Å²) in [6, 6.07) is 9.97. The number of hydrogen-bond donors (Lipinski definition) is 2. The van der Waals surface area contributed by atoms with Gasteiger partial charge in [-0.05, 0) is 36.4 Å². The Morgan fingerprint density at radius 2 is 2.12 bits per heavy atom. The lowest BCUT2D eigenvalue weighted by molar-refractivity contribution is 0.273. The molecule has 0 aliphatic carbocycles. The number of nitrogens with one attached hydrogen (secondary N) is 1. The van der Waals surface area contributed by atoms with Crippen molar-refractivity contribution >= 4 is 11.0 Å². The fourth-order valence-corrected chi connectivity index (χ4v) is 2.84. The molecule has 7 heteroatoms. The number of nitrogens with zero attached hydrogens (tertiary/aromatic N) is 3. The molecule has 4 aromatic rings. The monoisotopic (exact) mass is 338 g/mol. The van der Waals surface area contributed by atoms with Crippen molar-refractivity contribution in [3.8, 4) is 22.8 Å². The Bertz CT molecular complexity index is 1050. The van der Waals surface area contributed by atoms with Gasteiger partial charge in [0.05, 0.1) is 23.7 Å². The van der Waals surface area contributed by atoms with E-state index in [-0.39, 0.29) is 12.4 Å². The van der Waals surface area contributed by atoms with Gasteiger partial charge in [0, 0.05) is 18.1 Å². The van der Waals surface area contributed by atoms with Crippen LogP contribution in [-0.2, 0) is 6.61 Å². The molecule has 25 heavy (non-hydrogen) atoms. The minimum Gasteiger partial charge on any atom is -0.496 e.